The van der Waals surface area contributed by atoms with Crippen LogP contribution in [0.4, 0.5) is 0 Å². The summed E-state index contributed by atoms with van der Waals surface area (Å²) < 4.78 is 13.1. The topological polar surface area (TPSA) is 24.9 Å². The lowest BCUT2D eigenvalue weighted by Crippen LogP contribution is -2.45. The number of hydrogen-bond donors (Lipinski definition) is 1. The summed E-state index contributed by atoms with van der Waals surface area (Å²) in [6, 6.07) is 2.19. The van der Waals surface area contributed by atoms with Crippen molar-refractivity contribution < 1.29 is 8.85 Å². The van der Waals surface area contributed by atoms with E-state index in [-0.39, 0.29) is 0 Å². The molecule has 0 amide bonds. The lowest BCUT2D eigenvalue weighted by Gasteiger charge is -2.33. The zero-order valence-corrected chi connectivity index (χ0v) is 21.7. The molecule has 0 aromatic carbocycles. The Balaban J connectivity index is 4.69. The van der Waals surface area contributed by atoms with E-state index in [4.69, 9.17) is 21.5 Å². The Hall–Kier alpha value is 0.407. The summed E-state index contributed by atoms with van der Waals surface area (Å²) in [5.74, 6) is 0. The van der Waals surface area contributed by atoms with Crippen LogP contribution in [0.15, 0.2) is 0 Å². The molecular weight excluding hydrogens is 384 g/mol. The predicted octanol–water partition coefficient (Wildman–Crippen LogP) is 5.43. The predicted molar refractivity (Wildman–Crippen MR) is 130 cm³/mol. The van der Waals surface area contributed by atoms with E-state index in [1.165, 1.54) is 51.4 Å². The Bertz CT molecular complexity index is 332. The Morgan fingerprint density at radius 1 is 0.714 bits per heavy atom. The van der Waals surface area contributed by atoms with Crippen LogP contribution in [0.2, 0.25) is 12.1 Å². The molecule has 0 aromatic rings. The minimum atomic E-state index is -2.18. The highest BCUT2D eigenvalue weighted by atomic mass is 32.1. The minimum absolute atomic E-state index is 0.477. The maximum Gasteiger partial charge on any atom is 0.338 e. The number of likely N-dealkylation sites (N-methyl/N-ethyl adjacent to an activating group) is 2. The van der Waals surface area contributed by atoms with Crippen LogP contribution in [0.25, 0.3) is 0 Å². The molecule has 0 heterocycles. The summed E-state index contributed by atoms with van der Waals surface area (Å²) in [6.07, 6.45) is 11.4. The first kappa shape index (κ1) is 28.4. The van der Waals surface area contributed by atoms with Crippen LogP contribution in [0.5, 0.6) is 0 Å². The van der Waals surface area contributed by atoms with Gasteiger partial charge in [0.1, 0.15) is 0 Å². The molecule has 0 saturated heterocycles. The van der Waals surface area contributed by atoms with Gasteiger partial charge in [0, 0.05) is 31.6 Å². The summed E-state index contributed by atoms with van der Waals surface area (Å²) in [5, 5.41) is 0.477. The minimum Gasteiger partial charge on any atom is -0.393 e. The maximum absolute atomic E-state index is 6.56. The quantitative estimate of drug-likeness (QED) is 0.157. The first-order chi connectivity index (χ1) is 13.3. The van der Waals surface area contributed by atoms with E-state index in [1.54, 1.807) is 0 Å². The fourth-order valence-corrected chi connectivity index (χ4v) is 7.32. The summed E-state index contributed by atoms with van der Waals surface area (Å²) in [6.45, 7) is 8.00. The number of unbranched alkanes of at least 4 members (excludes halogenated alkanes) is 5. The first-order valence-electron chi connectivity index (χ1n) is 11.6. The second-order valence-electron chi connectivity index (χ2n) is 8.71. The molecule has 1 unspecified atom stereocenters. The zero-order valence-electron chi connectivity index (χ0n) is 19.8. The first-order valence-corrected chi connectivity index (χ1v) is 14.4. The number of rotatable bonds is 20. The molecule has 0 rings (SSSR count). The highest BCUT2D eigenvalue weighted by Crippen LogP contribution is 2.27. The van der Waals surface area contributed by atoms with E-state index in [9.17, 15) is 0 Å². The van der Waals surface area contributed by atoms with Crippen LogP contribution in [0, 0.1) is 0 Å². The van der Waals surface area contributed by atoms with Crippen molar-refractivity contribution in [2.45, 2.75) is 89.0 Å². The standard InChI is InChI=1S/C22H50N2O2SSi/c1-7-9-11-12-13-14-22(27)15-21-28(20-10-8-2,25-18-16-23(3)4)26-19-17-24(5)6/h22,27H,7-21H2,1-6H3. The molecule has 0 aliphatic carbocycles. The second kappa shape index (κ2) is 18.2. The lowest BCUT2D eigenvalue weighted by molar-refractivity contribution is 0.143. The third-order valence-electron chi connectivity index (χ3n) is 5.22. The van der Waals surface area contributed by atoms with Crippen LogP contribution in [0.3, 0.4) is 0 Å². The van der Waals surface area contributed by atoms with E-state index in [0.717, 1.165) is 44.8 Å². The van der Waals surface area contributed by atoms with Gasteiger partial charge in [0.2, 0.25) is 0 Å². The molecule has 170 valence electrons. The van der Waals surface area contributed by atoms with Crippen LogP contribution >= 0.6 is 12.6 Å². The van der Waals surface area contributed by atoms with Crippen molar-refractivity contribution in [3.05, 3.63) is 0 Å². The Kier molecular flexibility index (Phi) is 18.5. The molecule has 0 N–H and O–H groups in total. The summed E-state index contributed by atoms with van der Waals surface area (Å²) in [4.78, 5) is 4.38. The van der Waals surface area contributed by atoms with Gasteiger partial charge in [-0.15, -0.1) is 0 Å². The molecular formula is C22H50N2O2SSi. The van der Waals surface area contributed by atoms with Crippen molar-refractivity contribution in [3.8, 4) is 0 Å². The Labute approximate surface area is 183 Å². The van der Waals surface area contributed by atoms with Gasteiger partial charge in [-0.2, -0.15) is 12.6 Å². The smallest absolute Gasteiger partial charge is 0.338 e. The summed E-state index contributed by atoms with van der Waals surface area (Å²) in [7, 11) is 6.24. The van der Waals surface area contributed by atoms with Gasteiger partial charge in [0.25, 0.3) is 0 Å². The molecule has 4 nitrogen and oxygen atoms in total. The third-order valence-corrected chi connectivity index (χ3v) is 9.36. The van der Waals surface area contributed by atoms with Crippen LogP contribution < -0.4 is 0 Å². The summed E-state index contributed by atoms with van der Waals surface area (Å²) in [5.41, 5.74) is 0. The molecule has 0 bridgehead atoms. The van der Waals surface area contributed by atoms with Crippen molar-refractivity contribution in [1.82, 2.24) is 9.80 Å². The molecule has 0 fully saturated rings. The van der Waals surface area contributed by atoms with E-state index in [1.807, 2.05) is 0 Å². The number of nitrogens with zero attached hydrogens (tertiary/aromatic N) is 2. The van der Waals surface area contributed by atoms with Gasteiger partial charge >= 0.3 is 8.56 Å². The molecule has 0 aromatic heterocycles. The van der Waals surface area contributed by atoms with Crippen molar-refractivity contribution in [3.63, 3.8) is 0 Å². The number of hydrogen-bond acceptors (Lipinski definition) is 5. The van der Waals surface area contributed by atoms with Gasteiger partial charge in [-0.1, -0.05) is 58.8 Å². The highest BCUT2D eigenvalue weighted by Gasteiger charge is 2.37. The van der Waals surface area contributed by atoms with Gasteiger partial charge in [0.05, 0.1) is 0 Å². The van der Waals surface area contributed by atoms with Crippen molar-refractivity contribution in [2.24, 2.45) is 0 Å². The lowest BCUT2D eigenvalue weighted by atomic mass is 10.1. The molecule has 0 spiro atoms. The van der Waals surface area contributed by atoms with E-state index in [0.29, 0.717) is 5.25 Å². The Morgan fingerprint density at radius 3 is 1.75 bits per heavy atom. The van der Waals surface area contributed by atoms with Gasteiger partial charge in [-0.3, -0.25) is 0 Å². The zero-order chi connectivity index (χ0) is 21.3. The molecule has 0 radical (unpaired) electrons. The van der Waals surface area contributed by atoms with Gasteiger partial charge in [-0.25, -0.2) is 0 Å². The highest BCUT2D eigenvalue weighted by molar-refractivity contribution is 7.80. The van der Waals surface area contributed by atoms with Gasteiger partial charge < -0.3 is 18.7 Å². The largest absolute Gasteiger partial charge is 0.393 e. The molecule has 6 heteroatoms. The van der Waals surface area contributed by atoms with Crippen molar-refractivity contribution in [2.75, 3.05) is 54.5 Å². The van der Waals surface area contributed by atoms with Crippen molar-refractivity contribution in [1.29, 1.82) is 0 Å². The van der Waals surface area contributed by atoms with E-state index in [2.05, 4.69) is 51.8 Å². The SMILES string of the molecule is CCCCCCCC(S)CC[Si](CCCC)(OCCN(C)C)OCCN(C)C. The molecule has 28 heavy (non-hydrogen) atoms. The maximum atomic E-state index is 6.56. The summed E-state index contributed by atoms with van der Waals surface area (Å²) >= 11 is 4.90. The van der Waals surface area contributed by atoms with Crippen molar-refractivity contribution >= 4 is 21.2 Å². The van der Waals surface area contributed by atoms with Gasteiger partial charge in [0.15, 0.2) is 0 Å². The molecule has 0 aliphatic rings. The monoisotopic (exact) mass is 434 g/mol. The van der Waals surface area contributed by atoms with E-state index >= 15 is 0 Å². The fraction of sp³-hybridized carbons (Fsp3) is 1.00. The molecule has 0 aliphatic heterocycles. The van der Waals surface area contributed by atoms with Crippen LogP contribution in [0.1, 0.15) is 71.6 Å². The Morgan fingerprint density at radius 2 is 1.25 bits per heavy atom. The van der Waals surface area contributed by atoms with E-state index < -0.39 is 8.56 Å². The van der Waals surface area contributed by atoms with Crippen LogP contribution in [-0.4, -0.2) is 78.1 Å². The average Bonchev–Trinajstić information content (AvgIpc) is 2.63. The third kappa shape index (κ3) is 16.2. The second-order valence-corrected chi connectivity index (χ2v) is 12.8. The van der Waals surface area contributed by atoms with Crippen LogP contribution in [-0.2, 0) is 8.85 Å². The van der Waals surface area contributed by atoms with Gasteiger partial charge in [-0.05, 0) is 53.1 Å². The normalized spacial score (nSPS) is 13.6. The molecule has 1 atom stereocenters. The average molecular weight is 435 g/mol. The number of thiol groups is 1. The fourth-order valence-electron chi connectivity index (χ4n) is 3.24. The molecule has 0 saturated carbocycles.